The second kappa shape index (κ2) is 4.88. The van der Waals surface area contributed by atoms with E-state index in [1.807, 2.05) is 25.4 Å². The van der Waals surface area contributed by atoms with Gasteiger partial charge >= 0.3 is 5.97 Å². The maximum atomic E-state index is 10.9. The number of carboxylic acids is 1. The molecule has 0 saturated heterocycles. The van der Waals surface area contributed by atoms with Crippen molar-refractivity contribution in [1.29, 1.82) is 0 Å². The van der Waals surface area contributed by atoms with E-state index in [1.165, 1.54) is 0 Å². The van der Waals surface area contributed by atoms with Crippen molar-refractivity contribution in [3.8, 4) is 11.5 Å². The van der Waals surface area contributed by atoms with Gasteiger partial charge in [-0.3, -0.25) is 4.68 Å². The number of carboxylic acid groups (broad SMARTS) is 1. The van der Waals surface area contributed by atoms with Gasteiger partial charge in [-0.25, -0.2) is 4.79 Å². The summed E-state index contributed by atoms with van der Waals surface area (Å²) in [6.45, 7) is 0.412. The zero-order valence-corrected chi connectivity index (χ0v) is 10.9. The number of benzene rings is 1. The fourth-order valence-corrected chi connectivity index (χ4v) is 2.15. The van der Waals surface area contributed by atoms with Gasteiger partial charge in [0, 0.05) is 31.3 Å². The van der Waals surface area contributed by atoms with Gasteiger partial charge in [0.25, 0.3) is 0 Å². The zero-order valence-electron chi connectivity index (χ0n) is 10.9. The highest BCUT2D eigenvalue weighted by molar-refractivity contribution is 5.74. The van der Waals surface area contributed by atoms with Gasteiger partial charge in [-0.2, -0.15) is 5.10 Å². The predicted octanol–water partition coefficient (Wildman–Crippen LogP) is 1.39. The lowest BCUT2D eigenvalue weighted by Gasteiger charge is -2.07. The Morgan fingerprint density at radius 2 is 2.45 bits per heavy atom. The lowest BCUT2D eigenvalue weighted by Crippen LogP contribution is -2.24. The predicted molar refractivity (Wildman–Crippen MR) is 69.7 cm³/mol. The summed E-state index contributed by atoms with van der Waals surface area (Å²) in [4.78, 5) is 10.9. The molecule has 20 heavy (non-hydrogen) atoms. The number of hydrogen-bond acceptors (Lipinski definition) is 4. The molecule has 104 valence electrons. The van der Waals surface area contributed by atoms with Gasteiger partial charge in [-0.15, -0.1) is 0 Å². The number of rotatable bonds is 4. The van der Waals surface area contributed by atoms with Gasteiger partial charge in [-0.1, -0.05) is 6.07 Å². The van der Waals surface area contributed by atoms with Crippen molar-refractivity contribution in [1.82, 2.24) is 9.78 Å². The van der Waals surface area contributed by atoms with Crippen LogP contribution in [0.15, 0.2) is 30.6 Å². The van der Waals surface area contributed by atoms with E-state index >= 15 is 0 Å². The largest absolute Gasteiger partial charge is 0.489 e. The number of aromatic nitrogens is 2. The Morgan fingerprint density at radius 3 is 3.15 bits per heavy atom. The number of nitrogens with zero attached hydrogens (tertiary/aromatic N) is 2. The molecule has 1 aromatic carbocycles. The van der Waals surface area contributed by atoms with Crippen LogP contribution in [-0.2, 0) is 24.9 Å². The highest BCUT2D eigenvalue weighted by Crippen LogP contribution is 2.32. The molecule has 1 aliphatic heterocycles. The molecule has 2 aromatic rings. The van der Waals surface area contributed by atoms with Crippen LogP contribution >= 0.6 is 0 Å². The molecule has 0 amide bonds. The normalized spacial score (nSPS) is 16.6. The van der Waals surface area contributed by atoms with Crippen molar-refractivity contribution in [2.24, 2.45) is 7.05 Å². The Kier molecular flexibility index (Phi) is 3.06. The van der Waals surface area contributed by atoms with Crippen molar-refractivity contribution in [3.63, 3.8) is 0 Å². The van der Waals surface area contributed by atoms with Gasteiger partial charge in [0.1, 0.15) is 18.1 Å². The van der Waals surface area contributed by atoms with E-state index in [4.69, 9.17) is 14.6 Å². The smallest absolute Gasteiger partial charge is 0.345 e. The molecule has 0 radical (unpaired) electrons. The summed E-state index contributed by atoms with van der Waals surface area (Å²) in [5.41, 5.74) is 1.86. The van der Waals surface area contributed by atoms with Gasteiger partial charge in [-0.05, 0) is 11.6 Å². The average Bonchev–Trinajstić information content (AvgIpc) is 3.01. The van der Waals surface area contributed by atoms with E-state index in [2.05, 4.69) is 5.10 Å². The van der Waals surface area contributed by atoms with E-state index < -0.39 is 12.1 Å². The monoisotopic (exact) mass is 274 g/mol. The Labute approximate surface area is 115 Å². The van der Waals surface area contributed by atoms with E-state index in [1.54, 1.807) is 16.9 Å². The average molecular weight is 274 g/mol. The Morgan fingerprint density at radius 1 is 1.60 bits per heavy atom. The lowest BCUT2D eigenvalue weighted by molar-refractivity contribution is -0.144. The van der Waals surface area contributed by atoms with E-state index in [9.17, 15) is 4.79 Å². The minimum Gasteiger partial charge on any atom is -0.489 e. The van der Waals surface area contributed by atoms with Crippen LogP contribution in [0.1, 0.15) is 11.1 Å². The van der Waals surface area contributed by atoms with E-state index in [0.29, 0.717) is 24.5 Å². The topological polar surface area (TPSA) is 73.6 Å². The quantitative estimate of drug-likeness (QED) is 0.912. The molecule has 0 fully saturated rings. The van der Waals surface area contributed by atoms with Crippen LogP contribution in [0.25, 0.3) is 0 Å². The molecule has 6 heteroatoms. The highest BCUT2D eigenvalue weighted by Gasteiger charge is 2.28. The molecule has 2 heterocycles. The van der Waals surface area contributed by atoms with Crippen LogP contribution < -0.4 is 9.47 Å². The summed E-state index contributed by atoms with van der Waals surface area (Å²) in [5, 5.41) is 13.0. The fourth-order valence-electron chi connectivity index (χ4n) is 2.15. The van der Waals surface area contributed by atoms with E-state index in [-0.39, 0.29) is 0 Å². The molecular formula is C14H14N2O4. The first kappa shape index (κ1) is 12.5. The summed E-state index contributed by atoms with van der Waals surface area (Å²) < 4.78 is 12.7. The molecule has 0 spiro atoms. The maximum absolute atomic E-state index is 10.9. The summed E-state index contributed by atoms with van der Waals surface area (Å²) in [6, 6.07) is 5.40. The first-order valence-corrected chi connectivity index (χ1v) is 6.24. The third-order valence-corrected chi connectivity index (χ3v) is 3.15. The maximum Gasteiger partial charge on any atom is 0.345 e. The summed E-state index contributed by atoms with van der Waals surface area (Å²) >= 11 is 0. The molecule has 1 aliphatic rings. The van der Waals surface area contributed by atoms with Gasteiger partial charge in [0.05, 0.1) is 6.20 Å². The van der Waals surface area contributed by atoms with E-state index in [0.717, 1.165) is 11.1 Å². The summed E-state index contributed by atoms with van der Waals surface area (Å²) in [7, 11) is 1.85. The SMILES string of the molecule is Cn1cc(COc2ccc3c(c2)OC(C(=O)O)C3)cn1. The van der Waals surface area contributed by atoms with Crippen LogP contribution in [0.3, 0.4) is 0 Å². The van der Waals surface area contributed by atoms with Crippen LogP contribution in [0, 0.1) is 0 Å². The second-order valence-corrected chi connectivity index (χ2v) is 4.73. The van der Waals surface area contributed by atoms with Crippen molar-refractivity contribution in [3.05, 3.63) is 41.7 Å². The van der Waals surface area contributed by atoms with Crippen LogP contribution in [0.5, 0.6) is 11.5 Å². The van der Waals surface area contributed by atoms with Crippen molar-refractivity contribution < 1.29 is 19.4 Å². The molecule has 0 aliphatic carbocycles. The van der Waals surface area contributed by atoms with Crippen molar-refractivity contribution >= 4 is 5.97 Å². The molecule has 0 saturated carbocycles. The Bertz CT molecular complexity index is 650. The molecule has 1 aromatic heterocycles. The highest BCUT2D eigenvalue weighted by atomic mass is 16.5. The number of carbonyl (C=O) groups is 1. The van der Waals surface area contributed by atoms with Crippen molar-refractivity contribution in [2.45, 2.75) is 19.1 Å². The molecule has 3 rings (SSSR count). The number of aryl methyl sites for hydroxylation is 1. The fraction of sp³-hybridized carbons (Fsp3) is 0.286. The molecule has 6 nitrogen and oxygen atoms in total. The lowest BCUT2D eigenvalue weighted by atomic mass is 10.1. The van der Waals surface area contributed by atoms with Crippen LogP contribution in [0.4, 0.5) is 0 Å². The molecule has 0 bridgehead atoms. The third-order valence-electron chi connectivity index (χ3n) is 3.15. The van der Waals surface area contributed by atoms with Gasteiger partial charge in [0.15, 0.2) is 6.10 Å². The number of hydrogen-bond donors (Lipinski definition) is 1. The van der Waals surface area contributed by atoms with Gasteiger partial charge < -0.3 is 14.6 Å². The molecular weight excluding hydrogens is 260 g/mol. The first-order chi connectivity index (χ1) is 9.61. The molecule has 1 unspecified atom stereocenters. The number of ether oxygens (including phenoxy) is 2. The van der Waals surface area contributed by atoms with Crippen LogP contribution in [0.2, 0.25) is 0 Å². The summed E-state index contributed by atoms with van der Waals surface area (Å²) in [6.07, 6.45) is 3.22. The Balaban J connectivity index is 1.68. The zero-order chi connectivity index (χ0) is 14.1. The minimum atomic E-state index is -0.945. The standard InChI is InChI=1S/C14H14N2O4/c1-16-7-9(6-15-16)8-19-11-3-2-10-4-13(14(17)18)20-12(10)5-11/h2-3,5-7,13H,4,8H2,1H3,(H,17,18). The number of aliphatic carboxylic acids is 1. The molecule has 1 atom stereocenters. The van der Waals surface area contributed by atoms with Gasteiger partial charge in [0.2, 0.25) is 0 Å². The first-order valence-electron chi connectivity index (χ1n) is 6.24. The summed E-state index contributed by atoms with van der Waals surface area (Å²) in [5.74, 6) is 0.291. The number of fused-ring (bicyclic) bond motifs is 1. The second-order valence-electron chi connectivity index (χ2n) is 4.73. The Hall–Kier alpha value is -2.50. The third kappa shape index (κ3) is 2.45. The minimum absolute atomic E-state index is 0.396. The molecule has 1 N–H and O–H groups in total. The van der Waals surface area contributed by atoms with Crippen molar-refractivity contribution in [2.75, 3.05) is 0 Å². The van der Waals surface area contributed by atoms with Crippen LogP contribution in [-0.4, -0.2) is 27.0 Å².